The summed E-state index contributed by atoms with van der Waals surface area (Å²) in [7, 11) is 1.78. The minimum absolute atomic E-state index is 0.0362. The molecule has 0 aliphatic carbocycles. The number of rotatable bonds is 3. The van der Waals surface area contributed by atoms with Gasteiger partial charge in [0.05, 0.1) is 12.1 Å². The van der Waals surface area contributed by atoms with E-state index in [2.05, 4.69) is 16.9 Å². The van der Waals surface area contributed by atoms with Gasteiger partial charge in [0.15, 0.2) is 5.78 Å². The van der Waals surface area contributed by atoms with E-state index in [-0.39, 0.29) is 12.2 Å². The number of carbonyl (C=O) groups is 1. The smallest absolute Gasteiger partial charge is 0.192 e. The van der Waals surface area contributed by atoms with Gasteiger partial charge < -0.3 is 0 Å². The normalized spacial score (nSPS) is 9.36. The van der Waals surface area contributed by atoms with Crippen LogP contribution in [0.3, 0.4) is 0 Å². The Bertz CT molecular complexity index is 393. The zero-order valence-corrected chi connectivity index (χ0v) is 8.79. The topological polar surface area (TPSA) is 34.9 Å². The number of carbonyl (C=O) groups excluding carboxylic acids is 1. The number of hydrogen-bond acceptors (Lipinski definition) is 2. The molecule has 0 unspecified atom stereocenters. The Kier molecular flexibility index (Phi) is 3.47. The summed E-state index contributed by atoms with van der Waals surface area (Å²) >= 11 is 0. The second kappa shape index (κ2) is 4.61. The molecular formula is C11H14N2O. The van der Waals surface area contributed by atoms with Crippen molar-refractivity contribution in [2.45, 2.75) is 26.7 Å². The molecule has 0 atom stereocenters. The van der Waals surface area contributed by atoms with Gasteiger partial charge in [-0.25, -0.2) is 0 Å². The first-order valence-corrected chi connectivity index (χ1v) is 4.64. The van der Waals surface area contributed by atoms with Gasteiger partial charge in [-0.3, -0.25) is 9.48 Å². The molecule has 0 fully saturated rings. The molecule has 3 nitrogen and oxygen atoms in total. The van der Waals surface area contributed by atoms with Crippen LogP contribution in [0.25, 0.3) is 0 Å². The van der Waals surface area contributed by atoms with E-state index in [4.69, 9.17) is 0 Å². The molecule has 0 spiro atoms. The number of nitrogens with zero attached hydrogens (tertiary/aromatic N) is 2. The lowest BCUT2D eigenvalue weighted by Gasteiger charge is -1.95. The number of aryl methyl sites for hydroxylation is 2. The standard InChI is InChI=1S/C11H14N2O/c1-4-6-7-11(14)10-8-9(5-2)12-13(10)3/h8H,5,7H2,1-3H3. The van der Waals surface area contributed by atoms with E-state index in [1.165, 1.54) is 0 Å². The Morgan fingerprint density at radius 1 is 1.64 bits per heavy atom. The van der Waals surface area contributed by atoms with E-state index in [0.29, 0.717) is 5.69 Å². The number of aromatic nitrogens is 2. The van der Waals surface area contributed by atoms with Gasteiger partial charge in [0.25, 0.3) is 0 Å². The molecule has 0 saturated heterocycles. The first-order chi connectivity index (χ1) is 6.69. The summed E-state index contributed by atoms with van der Waals surface area (Å²) in [5.41, 5.74) is 1.59. The van der Waals surface area contributed by atoms with Crippen molar-refractivity contribution in [1.29, 1.82) is 0 Å². The number of hydrogen-bond donors (Lipinski definition) is 0. The molecule has 1 rings (SSSR count). The molecule has 0 aromatic carbocycles. The van der Waals surface area contributed by atoms with Crippen LogP contribution in [0.4, 0.5) is 0 Å². The molecule has 0 aliphatic rings. The van der Waals surface area contributed by atoms with Crippen LogP contribution in [-0.2, 0) is 13.5 Å². The highest BCUT2D eigenvalue weighted by Crippen LogP contribution is 2.06. The highest BCUT2D eigenvalue weighted by Gasteiger charge is 2.10. The van der Waals surface area contributed by atoms with Crippen molar-refractivity contribution >= 4 is 5.78 Å². The van der Waals surface area contributed by atoms with Crippen molar-refractivity contribution in [2.24, 2.45) is 7.05 Å². The molecule has 0 radical (unpaired) electrons. The van der Waals surface area contributed by atoms with Gasteiger partial charge in [-0.15, -0.1) is 5.92 Å². The quantitative estimate of drug-likeness (QED) is 0.535. The second-order valence-electron chi connectivity index (χ2n) is 3.02. The fraction of sp³-hybridized carbons (Fsp3) is 0.455. The van der Waals surface area contributed by atoms with E-state index >= 15 is 0 Å². The minimum Gasteiger partial charge on any atom is -0.291 e. The summed E-state index contributed by atoms with van der Waals surface area (Å²) in [6.45, 7) is 3.75. The van der Waals surface area contributed by atoms with Crippen LogP contribution < -0.4 is 0 Å². The van der Waals surface area contributed by atoms with Crippen molar-refractivity contribution in [3.63, 3.8) is 0 Å². The molecule has 0 saturated carbocycles. The van der Waals surface area contributed by atoms with E-state index in [9.17, 15) is 4.79 Å². The van der Waals surface area contributed by atoms with Crippen molar-refractivity contribution < 1.29 is 4.79 Å². The Balaban J connectivity index is 2.87. The molecule has 0 amide bonds. The summed E-state index contributed by atoms with van der Waals surface area (Å²) in [5, 5.41) is 4.21. The minimum atomic E-state index is 0.0362. The zero-order valence-electron chi connectivity index (χ0n) is 8.79. The molecule has 14 heavy (non-hydrogen) atoms. The molecule has 0 N–H and O–H groups in total. The third-order valence-corrected chi connectivity index (χ3v) is 2.00. The Labute approximate surface area is 84.1 Å². The van der Waals surface area contributed by atoms with Gasteiger partial charge in [0.2, 0.25) is 0 Å². The first kappa shape index (κ1) is 10.5. The lowest BCUT2D eigenvalue weighted by atomic mass is 10.2. The maximum absolute atomic E-state index is 11.6. The average molecular weight is 190 g/mol. The van der Waals surface area contributed by atoms with Crippen molar-refractivity contribution in [3.05, 3.63) is 17.5 Å². The zero-order chi connectivity index (χ0) is 10.6. The first-order valence-electron chi connectivity index (χ1n) is 4.64. The van der Waals surface area contributed by atoms with E-state index in [0.717, 1.165) is 12.1 Å². The van der Waals surface area contributed by atoms with Crippen LogP contribution in [-0.4, -0.2) is 15.6 Å². The molecule has 1 aromatic heterocycles. The summed E-state index contributed by atoms with van der Waals surface area (Å²) in [6.07, 6.45) is 1.12. The number of ketones is 1. The fourth-order valence-corrected chi connectivity index (χ4v) is 1.22. The third kappa shape index (κ3) is 2.23. The van der Waals surface area contributed by atoms with Crippen molar-refractivity contribution in [2.75, 3.05) is 0 Å². The van der Waals surface area contributed by atoms with Crippen LogP contribution in [0.1, 0.15) is 36.5 Å². The predicted molar refractivity (Wildman–Crippen MR) is 55.0 cm³/mol. The van der Waals surface area contributed by atoms with Crippen LogP contribution >= 0.6 is 0 Å². The third-order valence-electron chi connectivity index (χ3n) is 2.00. The second-order valence-corrected chi connectivity index (χ2v) is 3.02. The van der Waals surface area contributed by atoms with Crippen LogP contribution in [0.2, 0.25) is 0 Å². The SMILES string of the molecule is CC#CCC(=O)c1cc(CC)nn1C. The Morgan fingerprint density at radius 2 is 2.36 bits per heavy atom. The fourth-order valence-electron chi connectivity index (χ4n) is 1.22. The van der Waals surface area contributed by atoms with Gasteiger partial charge in [-0.1, -0.05) is 12.8 Å². The van der Waals surface area contributed by atoms with Crippen molar-refractivity contribution in [1.82, 2.24) is 9.78 Å². The summed E-state index contributed by atoms with van der Waals surface area (Å²) in [4.78, 5) is 11.6. The monoisotopic (exact) mass is 190 g/mol. The maximum atomic E-state index is 11.6. The van der Waals surface area contributed by atoms with E-state index in [1.54, 1.807) is 18.7 Å². The van der Waals surface area contributed by atoms with Crippen LogP contribution in [0, 0.1) is 11.8 Å². The number of Topliss-reactive ketones (excluding diaryl/α,β-unsaturated/α-hetero) is 1. The lowest BCUT2D eigenvalue weighted by Crippen LogP contribution is -2.05. The van der Waals surface area contributed by atoms with Crippen molar-refractivity contribution in [3.8, 4) is 11.8 Å². The average Bonchev–Trinajstić information content (AvgIpc) is 2.56. The highest BCUT2D eigenvalue weighted by atomic mass is 16.1. The summed E-state index contributed by atoms with van der Waals surface area (Å²) < 4.78 is 1.62. The van der Waals surface area contributed by atoms with Gasteiger partial charge in [0, 0.05) is 7.05 Å². The predicted octanol–water partition coefficient (Wildman–Crippen LogP) is 1.58. The molecule has 74 valence electrons. The van der Waals surface area contributed by atoms with Crippen LogP contribution in [0.15, 0.2) is 6.07 Å². The molecule has 0 bridgehead atoms. The van der Waals surface area contributed by atoms with Crippen LogP contribution in [0.5, 0.6) is 0 Å². The molecule has 1 aromatic rings. The van der Waals surface area contributed by atoms with Gasteiger partial charge in [-0.2, -0.15) is 5.10 Å². The molecule has 3 heteroatoms. The summed E-state index contributed by atoms with van der Waals surface area (Å²) in [5.74, 6) is 5.50. The summed E-state index contributed by atoms with van der Waals surface area (Å²) in [6, 6.07) is 1.83. The molecular weight excluding hydrogens is 176 g/mol. The van der Waals surface area contributed by atoms with Gasteiger partial charge in [-0.05, 0) is 19.4 Å². The van der Waals surface area contributed by atoms with Gasteiger partial charge >= 0.3 is 0 Å². The largest absolute Gasteiger partial charge is 0.291 e. The Morgan fingerprint density at radius 3 is 2.86 bits per heavy atom. The molecule has 0 aliphatic heterocycles. The lowest BCUT2D eigenvalue weighted by molar-refractivity contribution is 0.0989. The Hall–Kier alpha value is -1.56. The highest BCUT2D eigenvalue weighted by molar-refractivity contribution is 5.96. The molecule has 1 heterocycles. The van der Waals surface area contributed by atoms with E-state index in [1.807, 2.05) is 13.0 Å². The van der Waals surface area contributed by atoms with Gasteiger partial charge in [0.1, 0.15) is 5.69 Å². The van der Waals surface area contributed by atoms with E-state index < -0.39 is 0 Å². The maximum Gasteiger partial charge on any atom is 0.192 e.